The van der Waals surface area contributed by atoms with E-state index in [-0.39, 0.29) is 5.97 Å². The Morgan fingerprint density at radius 1 is 1.53 bits per heavy atom. The number of nitrogens with zero attached hydrogens (tertiary/aromatic N) is 2. The summed E-state index contributed by atoms with van der Waals surface area (Å²) in [6, 6.07) is 3.71. The number of anilines is 1. The third-order valence-electron chi connectivity index (χ3n) is 3.75. The summed E-state index contributed by atoms with van der Waals surface area (Å²) >= 11 is 0. The number of hydrogen-bond donors (Lipinski definition) is 0. The zero-order valence-electron chi connectivity index (χ0n) is 11.9. The maximum atomic E-state index is 11.5. The molecular formula is C15H22N2O2. The highest BCUT2D eigenvalue weighted by molar-refractivity contribution is 5.89. The van der Waals surface area contributed by atoms with Crippen LogP contribution in [0.2, 0.25) is 0 Å². The third-order valence-corrected chi connectivity index (χ3v) is 3.75. The highest BCUT2D eigenvalue weighted by Crippen LogP contribution is 2.27. The fourth-order valence-corrected chi connectivity index (χ4v) is 2.45. The quantitative estimate of drug-likeness (QED) is 0.782. The Labute approximate surface area is 114 Å². The number of carbonyl (C=O) groups is 1. The summed E-state index contributed by atoms with van der Waals surface area (Å²) in [7, 11) is 0. The van der Waals surface area contributed by atoms with E-state index in [1.807, 2.05) is 6.07 Å². The zero-order valence-corrected chi connectivity index (χ0v) is 11.9. The number of ether oxygens (including phenoxy) is 1. The van der Waals surface area contributed by atoms with E-state index in [0.717, 1.165) is 24.8 Å². The van der Waals surface area contributed by atoms with Crippen LogP contribution in [-0.2, 0) is 4.74 Å². The van der Waals surface area contributed by atoms with Gasteiger partial charge in [0.15, 0.2) is 0 Å². The molecule has 0 aliphatic carbocycles. The minimum absolute atomic E-state index is 0.303. The van der Waals surface area contributed by atoms with Crippen molar-refractivity contribution in [2.24, 2.45) is 11.8 Å². The summed E-state index contributed by atoms with van der Waals surface area (Å²) in [5.74, 6) is 2.11. The molecule has 1 unspecified atom stereocenters. The van der Waals surface area contributed by atoms with Crippen molar-refractivity contribution in [3.05, 3.63) is 23.9 Å². The first kappa shape index (κ1) is 13.8. The van der Waals surface area contributed by atoms with E-state index in [1.54, 1.807) is 19.2 Å². The number of hydrogen-bond acceptors (Lipinski definition) is 4. The molecule has 2 heterocycles. The maximum absolute atomic E-state index is 11.5. The van der Waals surface area contributed by atoms with Crippen LogP contribution in [0.1, 0.15) is 37.6 Å². The van der Waals surface area contributed by atoms with Crippen molar-refractivity contribution >= 4 is 11.8 Å². The van der Waals surface area contributed by atoms with Gasteiger partial charge >= 0.3 is 5.97 Å². The van der Waals surface area contributed by atoms with Crippen LogP contribution in [0.25, 0.3) is 0 Å². The van der Waals surface area contributed by atoms with E-state index < -0.39 is 0 Å². The molecule has 1 aromatic heterocycles. The Balaban J connectivity index is 2.01. The SMILES string of the molecule is CCOC(=O)c1ccc(N2CCC(C(C)C)C2)nc1. The monoisotopic (exact) mass is 262 g/mol. The second kappa shape index (κ2) is 6.04. The molecule has 2 rings (SSSR count). The predicted molar refractivity (Wildman–Crippen MR) is 75.4 cm³/mol. The van der Waals surface area contributed by atoms with Gasteiger partial charge < -0.3 is 9.64 Å². The van der Waals surface area contributed by atoms with Gasteiger partial charge in [-0.15, -0.1) is 0 Å². The Hall–Kier alpha value is -1.58. The van der Waals surface area contributed by atoms with Crippen molar-refractivity contribution in [1.29, 1.82) is 0 Å². The smallest absolute Gasteiger partial charge is 0.339 e. The summed E-state index contributed by atoms with van der Waals surface area (Å²) in [4.78, 5) is 18.2. The molecule has 1 saturated heterocycles. The number of rotatable bonds is 4. The second-order valence-corrected chi connectivity index (χ2v) is 5.36. The lowest BCUT2D eigenvalue weighted by Crippen LogP contribution is -2.22. The number of carbonyl (C=O) groups excluding carboxylic acids is 1. The van der Waals surface area contributed by atoms with Gasteiger partial charge in [0.25, 0.3) is 0 Å². The molecule has 0 N–H and O–H groups in total. The minimum Gasteiger partial charge on any atom is -0.462 e. The van der Waals surface area contributed by atoms with Crippen LogP contribution in [0.3, 0.4) is 0 Å². The Morgan fingerprint density at radius 3 is 2.84 bits per heavy atom. The Bertz CT molecular complexity index is 428. The first-order chi connectivity index (χ1) is 9.11. The number of aromatic nitrogens is 1. The van der Waals surface area contributed by atoms with E-state index in [4.69, 9.17) is 4.74 Å². The third kappa shape index (κ3) is 3.25. The fourth-order valence-electron chi connectivity index (χ4n) is 2.45. The first-order valence-electron chi connectivity index (χ1n) is 7.00. The molecule has 1 aromatic rings. The lowest BCUT2D eigenvalue weighted by molar-refractivity contribution is 0.0526. The van der Waals surface area contributed by atoms with E-state index in [1.165, 1.54) is 6.42 Å². The van der Waals surface area contributed by atoms with E-state index in [2.05, 4.69) is 23.7 Å². The molecule has 1 aliphatic heterocycles. The average molecular weight is 262 g/mol. The van der Waals surface area contributed by atoms with Crippen molar-refractivity contribution in [2.45, 2.75) is 27.2 Å². The topological polar surface area (TPSA) is 42.4 Å². The molecule has 19 heavy (non-hydrogen) atoms. The molecule has 104 valence electrons. The van der Waals surface area contributed by atoms with Gasteiger partial charge in [0.2, 0.25) is 0 Å². The van der Waals surface area contributed by atoms with Gasteiger partial charge in [-0.05, 0) is 37.3 Å². The van der Waals surface area contributed by atoms with Crippen LogP contribution in [0.15, 0.2) is 18.3 Å². The van der Waals surface area contributed by atoms with Gasteiger partial charge in [0, 0.05) is 19.3 Å². The number of esters is 1. The minimum atomic E-state index is -0.303. The average Bonchev–Trinajstić information content (AvgIpc) is 2.89. The van der Waals surface area contributed by atoms with E-state index in [9.17, 15) is 4.79 Å². The van der Waals surface area contributed by atoms with Gasteiger partial charge in [0.05, 0.1) is 12.2 Å². The van der Waals surface area contributed by atoms with E-state index >= 15 is 0 Å². The summed E-state index contributed by atoms with van der Waals surface area (Å²) < 4.78 is 4.95. The van der Waals surface area contributed by atoms with Crippen LogP contribution >= 0.6 is 0 Å². The van der Waals surface area contributed by atoms with Crippen LogP contribution in [0, 0.1) is 11.8 Å². The van der Waals surface area contributed by atoms with Crippen molar-refractivity contribution < 1.29 is 9.53 Å². The second-order valence-electron chi connectivity index (χ2n) is 5.36. The van der Waals surface area contributed by atoms with Crippen molar-refractivity contribution in [3.63, 3.8) is 0 Å². The molecule has 4 heteroatoms. The van der Waals surface area contributed by atoms with Gasteiger partial charge in [-0.25, -0.2) is 9.78 Å². The zero-order chi connectivity index (χ0) is 13.8. The first-order valence-corrected chi connectivity index (χ1v) is 7.00. The molecule has 0 saturated carbocycles. The van der Waals surface area contributed by atoms with Crippen molar-refractivity contribution in [1.82, 2.24) is 4.98 Å². The van der Waals surface area contributed by atoms with Gasteiger partial charge in [-0.2, -0.15) is 0 Å². The molecule has 0 aromatic carbocycles. The van der Waals surface area contributed by atoms with Crippen LogP contribution in [0.5, 0.6) is 0 Å². The summed E-state index contributed by atoms with van der Waals surface area (Å²) in [6.45, 7) is 8.84. The summed E-state index contributed by atoms with van der Waals surface area (Å²) in [5.41, 5.74) is 0.519. The van der Waals surface area contributed by atoms with Gasteiger partial charge in [0.1, 0.15) is 5.82 Å². The molecule has 0 radical (unpaired) electrons. The molecule has 1 atom stereocenters. The Kier molecular flexibility index (Phi) is 4.40. The fraction of sp³-hybridized carbons (Fsp3) is 0.600. The lowest BCUT2D eigenvalue weighted by Gasteiger charge is -2.19. The van der Waals surface area contributed by atoms with Crippen molar-refractivity contribution in [3.8, 4) is 0 Å². The molecule has 0 spiro atoms. The van der Waals surface area contributed by atoms with E-state index in [0.29, 0.717) is 18.1 Å². The predicted octanol–water partition coefficient (Wildman–Crippen LogP) is 2.74. The molecule has 0 bridgehead atoms. The Morgan fingerprint density at radius 2 is 2.32 bits per heavy atom. The maximum Gasteiger partial charge on any atom is 0.339 e. The molecule has 1 aliphatic rings. The lowest BCUT2D eigenvalue weighted by atomic mass is 9.95. The molecule has 4 nitrogen and oxygen atoms in total. The molecule has 0 amide bonds. The van der Waals surface area contributed by atoms with Gasteiger partial charge in [-0.1, -0.05) is 13.8 Å². The highest BCUT2D eigenvalue weighted by Gasteiger charge is 2.25. The van der Waals surface area contributed by atoms with Crippen LogP contribution in [0.4, 0.5) is 5.82 Å². The largest absolute Gasteiger partial charge is 0.462 e. The molecular weight excluding hydrogens is 240 g/mol. The van der Waals surface area contributed by atoms with Crippen LogP contribution in [-0.4, -0.2) is 30.6 Å². The highest BCUT2D eigenvalue weighted by atomic mass is 16.5. The summed E-state index contributed by atoms with van der Waals surface area (Å²) in [5, 5.41) is 0. The normalized spacial score (nSPS) is 18.9. The van der Waals surface area contributed by atoms with Gasteiger partial charge in [-0.3, -0.25) is 0 Å². The van der Waals surface area contributed by atoms with Crippen LogP contribution < -0.4 is 4.90 Å². The number of pyridine rings is 1. The summed E-state index contributed by atoms with van der Waals surface area (Å²) in [6.07, 6.45) is 2.83. The van der Waals surface area contributed by atoms with Crippen molar-refractivity contribution in [2.75, 3.05) is 24.6 Å². The standard InChI is InChI=1S/C15H22N2O2/c1-4-19-15(18)12-5-6-14(16-9-12)17-8-7-13(10-17)11(2)3/h5-6,9,11,13H,4,7-8,10H2,1-3H3. The molecule has 1 fully saturated rings.